The predicted molar refractivity (Wildman–Crippen MR) is 107 cm³/mol. The molecule has 1 spiro atoms. The average molecular weight is 368 g/mol. The van der Waals surface area contributed by atoms with Gasteiger partial charge in [-0.1, -0.05) is 18.6 Å². The zero-order valence-corrected chi connectivity index (χ0v) is 15.7. The maximum atomic E-state index is 12.4. The average Bonchev–Trinajstić information content (AvgIpc) is 3.18. The van der Waals surface area contributed by atoms with E-state index < -0.39 is 5.66 Å². The van der Waals surface area contributed by atoms with Crippen molar-refractivity contribution in [2.45, 2.75) is 57.0 Å². The Morgan fingerprint density at radius 2 is 1.67 bits per heavy atom. The Morgan fingerprint density at radius 1 is 1.00 bits per heavy atom. The van der Waals surface area contributed by atoms with Gasteiger partial charge in [0, 0.05) is 18.8 Å². The first kappa shape index (κ1) is 17.8. The molecule has 0 radical (unpaired) electrons. The Labute approximate surface area is 160 Å². The highest BCUT2D eigenvalue weighted by molar-refractivity contribution is 6.05. The number of aliphatic imine (C=N–C) groups is 2. The normalized spacial score (nSPS) is 21.9. The fraction of sp³-hybridized carbons (Fsp3) is 0.550. The monoisotopic (exact) mass is 368 g/mol. The summed E-state index contributed by atoms with van der Waals surface area (Å²) < 4.78 is 0. The van der Waals surface area contributed by atoms with Crippen molar-refractivity contribution in [3.63, 3.8) is 0 Å². The lowest BCUT2D eigenvalue weighted by Crippen LogP contribution is -2.58. The fourth-order valence-corrected chi connectivity index (χ4v) is 4.51. The van der Waals surface area contributed by atoms with Crippen molar-refractivity contribution >= 4 is 23.5 Å². The number of hydrogen-bond acceptors (Lipinski definition) is 6. The topological polar surface area (TPSA) is 100 Å². The lowest BCUT2D eigenvalue weighted by molar-refractivity contribution is -0.129. The van der Waals surface area contributed by atoms with Gasteiger partial charge in [-0.2, -0.15) is 4.99 Å². The van der Waals surface area contributed by atoms with E-state index in [0.717, 1.165) is 62.9 Å². The summed E-state index contributed by atoms with van der Waals surface area (Å²) in [5.41, 5.74) is 13.7. The third kappa shape index (κ3) is 3.50. The molecule has 2 heterocycles. The lowest BCUT2D eigenvalue weighted by Gasteiger charge is -2.45. The van der Waals surface area contributed by atoms with E-state index in [9.17, 15) is 4.79 Å². The summed E-state index contributed by atoms with van der Waals surface area (Å²) in [6, 6.07) is 8.05. The molecule has 144 valence electrons. The maximum Gasteiger partial charge on any atom is 0.226 e. The SMILES string of the molecule is NC1=NC2(CCCCC2)N(c2ccc(CC(=O)N3CCCC3)cc2)C(N)=N1. The Balaban J connectivity index is 1.55. The molecule has 1 aromatic carbocycles. The number of carbonyl (C=O) groups is 1. The van der Waals surface area contributed by atoms with Gasteiger partial charge in [-0.3, -0.25) is 9.69 Å². The third-order valence-electron chi connectivity index (χ3n) is 5.86. The van der Waals surface area contributed by atoms with Crippen LogP contribution in [-0.2, 0) is 11.2 Å². The second kappa shape index (κ2) is 7.21. The van der Waals surface area contributed by atoms with E-state index in [-0.39, 0.29) is 11.9 Å². The van der Waals surface area contributed by atoms with Gasteiger partial charge in [-0.25, -0.2) is 4.99 Å². The van der Waals surface area contributed by atoms with E-state index in [1.165, 1.54) is 6.42 Å². The molecule has 7 heteroatoms. The molecule has 0 unspecified atom stereocenters. The van der Waals surface area contributed by atoms with Crippen LogP contribution >= 0.6 is 0 Å². The van der Waals surface area contributed by atoms with E-state index in [2.05, 4.69) is 4.99 Å². The highest BCUT2D eigenvalue weighted by Gasteiger charge is 2.42. The summed E-state index contributed by atoms with van der Waals surface area (Å²) in [6.45, 7) is 1.78. The molecule has 1 saturated carbocycles. The largest absolute Gasteiger partial charge is 0.369 e. The van der Waals surface area contributed by atoms with Gasteiger partial charge in [0.2, 0.25) is 17.8 Å². The number of guanidine groups is 2. The molecule has 4 rings (SSSR count). The molecular formula is C20H28N6O. The molecule has 7 nitrogen and oxygen atoms in total. The minimum Gasteiger partial charge on any atom is -0.369 e. The summed E-state index contributed by atoms with van der Waals surface area (Å²) in [4.78, 5) is 25.3. The van der Waals surface area contributed by atoms with Gasteiger partial charge in [0.1, 0.15) is 5.66 Å². The molecule has 27 heavy (non-hydrogen) atoms. The molecule has 1 aliphatic carbocycles. The highest BCUT2D eigenvalue weighted by Crippen LogP contribution is 2.39. The van der Waals surface area contributed by atoms with E-state index in [1.54, 1.807) is 0 Å². The van der Waals surface area contributed by atoms with Gasteiger partial charge in [-0.05, 0) is 56.2 Å². The molecule has 2 aliphatic heterocycles. The van der Waals surface area contributed by atoms with Crippen molar-refractivity contribution < 1.29 is 4.79 Å². The number of likely N-dealkylation sites (tertiary alicyclic amines) is 1. The molecule has 2 fully saturated rings. The second-order valence-corrected chi connectivity index (χ2v) is 7.75. The minimum absolute atomic E-state index is 0.209. The second-order valence-electron chi connectivity index (χ2n) is 7.75. The molecule has 0 atom stereocenters. The summed E-state index contributed by atoms with van der Waals surface area (Å²) in [5, 5.41) is 0. The van der Waals surface area contributed by atoms with E-state index in [1.807, 2.05) is 34.1 Å². The minimum atomic E-state index is -0.430. The smallest absolute Gasteiger partial charge is 0.226 e. The molecular weight excluding hydrogens is 340 g/mol. The van der Waals surface area contributed by atoms with Crippen LogP contribution in [0.2, 0.25) is 0 Å². The highest BCUT2D eigenvalue weighted by atomic mass is 16.2. The molecule has 1 saturated heterocycles. The molecule has 0 bridgehead atoms. The first-order valence-corrected chi connectivity index (χ1v) is 9.94. The van der Waals surface area contributed by atoms with Crippen LogP contribution in [-0.4, -0.2) is 41.5 Å². The van der Waals surface area contributed by atoms with Gasteiger partial charge in [0.15, 0.2) is 0 Å². The standard InChI is InChI=1S/C20H28N6O/c21-18-23-19(22)26(20(24-18)10-2-1-3-11-20)16-8-6-15(7-9-16)14-17(27)25-12-4-5-13-25/h6-9H,1-5,10-14H2,(H4,21,22,23,24). The van der Waals surface area contributed by atoms with Gasteiger partial charge >= 0.3 is 0 Å². The van der Waals surface area contributed by atoms with Crippen LogP contribution in [0.4, 0.5) is 5.69 Å². The van der Waals surface area contributed by atoms with Gasteiger partial charge in [-0.15, -0.1) is 0 Å². The lowest BCUT2D eigenvalue weighted by atomic mass is 9.87. The van der Waals surface area contributed by atoms with Gasteiger partial charge < -0.3 is 16.4 Å². The van der Waals surface area contributed by atoms with Crippen LogP contribution in [0.15, 0.2) is 34.3 Å². The Kier molecular flexibility index (Phi) is 4.76. The quantitative estimate of drug-likeness (QED) is 0.852. The van der Waals surface area contributed by atoms with Crippen molar-refractivity contribution in [1.29, 1.82) is 0 Å². The van der Waals surface area contributed by atoms with Crippen molar-refractivity contribution in [3.05, 3.63) is 29.8 Å². The van der Waals surface area contributed by atoms with E-state index in [4.69, 9.17) is 16.5 Å². The van der Waals surface area contributed by atoms with Crippen molar-refractivity contribution in [2.24, 2.45) is 21.5 Å². The van der Waals surface area contributed by atoms with Crippen molar-refractivity contribution in [3.8, 4) is 0 Å². The van der Waals surface area contributed by atoms with Crippen LogP contribution in [0.3, 0.4) is 0 Å². The molecule has 1 amide bonds. The van der Waals surface area contributed by atoms with Crippen LogP contribution in [0, 0.1) is 0 Å². The van der Waals surface area contributed by atoms with E-state index >= 15 is 0 Å². The van der Waals surface area contributed by atoms with Crippen molar-refractivity contribution in [2.75, 3.05) is 18.0 Å². The van der Waals surface area contributed by atoms with Crippen LogP contribution in [0.1, 0.15) is 50.5 Å². The number of benzene rings is 1. The molecule has 1 aromatic rings. The number of amides is 1. The zero-order chi connectivity index (χ0) is 18.9. The van der Waals surface area contributed by atoms with Crippen molar-refractivity contribution in [1.82, 2.24) is 4.90 Å². The summed E-state index contributed by atoms with van der Waals surface area (Å²) in [7, 11) is 0. The zero-order valence-electron chi connectivity index (χ0n) is 15.7. The number of nitrogens with zero attached hydrogens (tertiary/aromatic N) is 4. The molecule has 0 aromatic heterocycles. The van der Waals surface area contributed by atoms with Gasteiger partial charge in [0.05, 0.1) is 6.42 Å². The Hall–Kier alpha value is -2.57. The first-order valence-electron chi connectivity index (χ1n) is 9.94. The fourth-order valence-electron chi connectivity index (χ4n) is 4.51. The Bertz CT molecular complexity index is 757. The number of carbonyl (C=O) groups excluding carboxylic acids is 1. The van der Waals surface area contributed by atoms with Gasteiger partial charge in [0.25, 0.3) is 0 Å². The number of nitrogens with two attached hydrogens (primary N) is 2. The van der Waals surface area contributed by atoms with Crippen LogP contribution < -0.4 is 16.4 Å². The van der Waals surface area contributed by atoms with Crippen LogP contribution in [0.25, 0.3) is 0 Å². The Morgan fingerprint density at radius 3 is 2.33 bits per heavy atom. The summed E-state index contributed by atoms with van der Waals surface area (Å²) in [5.74, 6) is 0.865. The maximum absolute atomic E-state index is 12.4. The third-order valence-corrected chi connectivity index (χ3v) is 5.86. The molecule has 4 N–H and O–H groups in total. The van der Waals surface area contributed by atoms with Crippen LogP contribution in [0.5, 0.6) is 0 Å². The predicted octanol–water partition coefficient (Wildman–Crippen LogP) is 1.96. The molecule has 3 aliphatic rings. The number of rotatable bonds is 3. The number of hydrogen-bond donors (Lipinski definition) is 2. The summed E-state index contributed by atoms with van der Waals surface area (Å²) >= 11 is 0. The number of anilines is 1. The summed E-state index contributed by atoms with van der Waals surface area (Å²) in [6.07, 6.45) is 7.91. The van der Waals surface area contributed by atoms with E-state index in [0.29, 0.717) is 12.4 Å². The first-order chi connectivity index (χ1) is 13.1.